The van der Waals surface area contributed by atoms with Crippen molar-refractivity contribution in [2.24, 2.45) is 0 Å². The van der Waals surface area contributed by atoms with Crippen LogP contribution in [-0.4, -0.2) is 6.29 Å². The van der Waals surface area contributed by atoms with Crippen LogP contribution in [0.1, 0.15) is 76.8 Å². The highest BCUT2D eigenvalue weighted by molar-refractivity contribution is 5.93. The second-order valence-electron chi connectivity index (χ2n) is 8.93. The Morgan fingerprint density at radius 1 is 1.03 bits per heavy atom. The first kappa shape index (κ1) is 24.4. The highest BCUT2D eigenvalue weighted by Gasteiger charge is 2.24. The predicted octanol–water partition coefficient (Wildman–Crippen LogP) is 8.50. The Kier molecular flexibility index (Phi) is 7.81. The summed E-state index contributed by atoms with van der Waals surface area (Å²) < 4.78 is 13.3. The summed E-state index contributed by atoms with van der Waals surface area (Å²) in [5.74, 6) is 0.335. The normalized spacial score (nSPS) is 13.7. The Labute approximate surface area is 197 Å². The standard InChI is InChI=1S/C23H25F.C8H8O/c1-6-15(3)20-11-14(2)12-22-17(5)16(4)21(13-23(20)22)18-7-9-19(24)10-8-18;1-7-4-2-3-5-8(7)6-9/h7-12,15H,5-6,13H2,1-4H3;2-6H,1H3. The van der Waals surface area contributed by atoms with Crippen LogP contribution in [0.2, 0.25) is 0 Å². The summed E-state index contributed by atoms with van der Waals surface area (Å²) in [4.78, 5) is 10.2. The van der Waals surface area contributed by atoms with Gasteiger partial charge in [0, 0.05) is 5.56 Å². The highest BCUT2D eigenvalue weighted by Crippen LogP contribution is 2.42. The second-order valence-corrected chi connectivity index (χ2v) is 8.93. The zero-order valence-corrected chi connectivity index (χ0v) is 20.3. The summed E-state index contributed by atoms with van der Waals surface area (Å²) in [6.45, 7) is 15.1. The van der Waals surface area contributed by atoms with Crippen LogP contribution in [0.3, 0.4) is 0 Å². The van der Waals surface area contributed by atoms with E-state index in [-0.39, 0.29) is 5.82 Å². The maximum atomic E-state index is 13.3. The van der Waals surface area contributed by atoms with Gasteiger partial charge in [0.25, 0.3) is 0 Å². The Balaban J connectivity index is 0.000000286. The molecule has 0 spiro atoms. The number of hydrogen-bond acceptors (Lipinski definition) is 1. The van der Waals surface area contributed by atoms with Crippen molar-refractivity contribution in [3.63, 3.8) is 0 Å². The summed E-state index contributed by atoms with van der Waals surface area (Å²) in [6, 6.07) is 18.9. The van der Waals surface area contributed by atoms with Gasteiger partial charge in [-0.05, 0) is 96.2 Å². The van der Waals surface area contributed by atoms with Gasteiger partial charge in [-0.3, -0.25) is 4.79 Å². The van der Waals surface area contributed by atoms with E-state index in [9.17, 15) is 9.18 Å². The smallest absolute Gasteiger partial charge is 0.150 e. The Hall–Kier alpha value is -3.26. The van der Waals surface area contributed by atoms with Crippen LogP contribution in [0.4, 0.5) is 4.39 Å². The van der Waals surface area contributed by atoms with E-state index in [4.69, 9.17) is 0 Å². The molecule has 1 unspecified atom stereocenters. The summed E-state index contributed by atoms with van der Waals surface area (Å²) in [5, 5.41) is 0. The molecule has 0 saturated heterocycles. The number of carbonyl (C=O) groups is 1. The van der Waals surface area contributed by atoms with Crippen molar-refractivity contribution < 1.29 is 9.18 Å². The molecule has 1 nitrogen and oxygen atoms in total. The number of allylic oxidation sites excluding steroid dienone is 3. The number of hydrogen-bond donors (Lipinski definition) is 0. The molecule has 0 bridgehead atoms. The van der Waals surface area contributed by atoms with Crippen LogP contribution >= 0.6 is 0 Å². The van der Waals surface area contributed by atoms with Gasteiger partial charge in [-0.2, -0.15) is 0 Å². The number of benzene rings is 3. The molecule has 0 radical (unpaired) electrons. The van der Waals surface area contributed by atoms with Gasteiger partial charge in [0.2, 0.25) is 0 Å². The summed E-state index contributed by atoms with van der Waals surface area (Å²) in [7, 11) is 0. The average Bonchev–Trinajstić information content (AvgIpc) is 2.82. The van der Waals surface area contributed by atoms with Gasteiger partial charge in [0.05, 0.1) is 0 Å². The maximum Gasteiger partial charge on any atom is 0.150 e. The van der Waals surface area contributed by atoms with Crippen LogP contribution in [0, 0.1) is 19.7 Å². The molecule has 1 aliphatic carbocycles. The van der Waals surface area contributed by atoms with Crippen molar-refractivity contribution in [3.8, 4) is 0 Å². The number of aldehydes is 1. The van der Waals surface area contributed by atoms with E-state index in [0.717, 1.165) is 41.4 Å². The van der Waals surface area contributed by atoms with E-state index >= 15 is 0 Å². The molecule has 170 valence electrons. The third-order valence-corrected chi connectivity index (χ3v) is 6.66. The molecule has 0 saturated carbocycles. The second kappa shape index (κ2) is 10.6. The molecular formula is C31H33FO. The van der Waals surface area contributed by atoms with E-state index in [0.29, 0.717) is 5.92 Å². The molecule has 0 aromatic heterocycles. The lowest BCUT2D eigenvalue weighted by Gasteiger charge is -2.28. The van der Waals surface area contributed by atoms with Crippen molar-refractivity contribution in [1.82, 2.24) is 0 Å². The molecular weight excluding hydrogens is 407 g/mol. The molecule has 1 atom stereocenters. The van der Waals surface area contributed by atoms with Crippen LogP contribution in [0.5, 0.6) is 0 Å². The van der Waals surface area contributed by atoms with Gasteiger partial charge in [0.15, 0.2) is 0 Å². The lowest BCUT2D eigenvalue weighted by molar-refractivity contribution is 0.112. The molecule has 0 heterocycles. The van der Waals surface area contributed by atoms with Gasteiger partial charge in [0.1, 0.15) is 12.1 Å². The first-order valence-corrected chi connectivity index (χ1v) is 11.6. The van der Waals surface area contributed by atoms with Crippen LogP contribution in [0.15, 0.2) is 72.8 Å². The lowest BCUT2D eigenvalue weighted by Crippen LogP contribution is -2.11. The first-order chi connectivity index (χ1) is 15.8. The molecule has 1 aliphatic rings. The number of rotatable bonds is 4. The zero-order valence-electron chi connectivity index (χ0n) is 20.3. The largest absolute Gasteiger partial charge is 0.298 e. The molecule has 2 heteroatoms. The van der Waals surface area contributed by atoms with Gasteiger partial charge in [-0.15, -0.1) is 0 Å². The van der Waals surface area contributed by atoms with Crippen molar-refractivity contribution in [1.29, 1.82) is 0 Å². The number of aryl methyl sites for hydroxylation is 2. The minimum atomic E-state index is -0.192. The molecule has 0 aliphatic heterocycles. The quantitative estimate of drug-likeness (QED) is 0.372. The van der Waals surface area contributed by atoms with E-state index in [1.165, 1.54) is 33.4 Å². The van der Waals surface area contributed by atoms with E-state index in [2.05, 4.69) is 46.4 Å². The van der Waals surface area contributed by atoms with Gasteiger partial charge >= 0.3 is 0 Å². The minimum Gasteiger partial charge on any atom is -0.298 e. The highest BCUT2D eigenvalue weighted by atomic mass is 19.1. The fraction of sp³-hybridized carbons (Fsp3) is 0.258. The fourth-order valence-electron chi connectivity index (χ4n) is 4.35. The van der Waals surface area contributed by atoms with Gasteiger partial charge < -0.3 is 0 Å². The Morgan fingerprint density at radius 2 is 1.70 bits per heavy atom. The van der Waals surface area contributed by atoms with E-state index in [1.54, 1.807) is 12.1 Å². The predicted molar refractivity (Wildman–Crippen MR) is 138 cm³/mol. The SMILES string of the molecule is C=C1C(C)=C(c2ccc(F)cc2)Cc2c1cc(C)cc2C(C)CC.Cc1ccccc1C=O. The van der Waals surface area contributed by atoms with E-state index in [1.807, 2.05) is 43.3 Å². The third-order valence-electron chi connectivity index (χ3n) is 6.66. The van der Waals surface area contributed by atoms with Gasteiger partial charge in [-0.1, -0.05) is 74.5 Å². The lowest BCUT2D eigenvalue weighted by atomic mass is 9.76. The minimum absolute atomic E-state index is 0.192. The number of halogens is 1. The molecule has 3 aromatic carbocycles. The topological polar surface area (TPSA) is 17.1 Å². The number of carbonyl (C=O) groups excluding carboxylic acids is 1. The van der Waals surface area contributed by atoms with Crippen LogP contribution < -0.4 is 0 Å². The maximum absolute atomic E-state index is 13.3. The fourth-order valence-corrected chi connectivity index (χ4v) is 4.35. The molecule has 0 fully saturated rings. The van der Waals surface area contributed by atoms with Gasteiger partial charge in [-0.25, -0.2) is 4.39 Å². The number of fused-ring (bicyclic) bond motifs is 1. The first-order valence-electron chi connectivity index (χ1n) is 11.6. The molecule has 3 aromatic rings. The summed E-state index contributed by atoms with van der Waals surface area (Å²) in [6.07, 6.45) is 2.89. The Morgan fingerprint density at radius 3 is 2.27 bits per heavy atom. The molecule has 0 amide bonds. The average molecular weight is 441 g/mol. The summed E-state index contributed by atoms with van der Waals surface area (Å²) >= 11 is 0. The summed E-state index contributed by atoms with van der Waals surface area (Å²) in [5.41, 5.74) is 11.9. The van der Waals surface area contributed by atoms with Crippen molar-refractivity contribution >= 4 is 17.4 Å². The van der Waals surface area contributed by atoms with Crippen molar-refractivity contribution in [2.75, 3.05) is 0 Å². The third kappa shape index (κ3) is 5.39. The zero-order chi connectivity index (χ0) is 24.1. The Bertz CT molecular complexity index is 1200. The molecule has 0 N–H and O–H groups in total. The molecule has 33 heavy (non-hydrogen) atoms. The van der Waals surface area contributed by atoms with E-state index < -0.39 is 0 Å². The van der Waals surface area contributed by atoms with Crippen LogP contribution in [-0.2, 0) is 6.42 Å². The molecule has 4 rings (SSSR count). The van der Waals surface area contributed by atoms with Crippen molar-refractivity contribution in [2.45, 2.75) is 53.4 Å². The van der Waals surface area contributed by atoms with Crippen molar-refractivity contribution in [3.05, 3.63) is 118 Å². The monoisotopic (exact) mass is 440 g/mol. The van der Waals surface area contributed by atoms with Crippen LogP contribution in [0.25, 0.3) is 11.1 Å².